The van der Waals surface area contributed by atoms with Gasteiger partial charge in [0, 0.05) is 11.8 Å². The summed E-state index contributed by atoms with van der Waals surface area (Å²) in [7, 11) is -1.89. The zero-order valence-corrected chi connectivity index (χ0v) is 18.8. The maximum absolute atomic E-state index is 4.81. The zero-order valence-electron chi connectivity index (χ0n) is 17.1. The van der Waals surface area contributed by atoms with Crippen molar-refractivity contribution in [1.82, 2.24) is 4.98 Å². The third kappa shape index (κ3) is 3.97. The molecule has 0 N–H and O–H groups in total. The molecule has 0 aliphatic carbocycles. The summed E-state index contributed by atoms with van der Waals surface area (Å²) in [6, 6.07) is 41.7. The van der Waals surface area contributed by atoms with Gasteiger partial charge >= 0.3 is 0 Å². The van der Waals surface area contributed by atoms with Gasteiger partial charge in [-0.3, -0.25) is 4.98 Å². The van der Waals surface area contributed by atoms with Crippen molar-refractivity contribution in [1.29, 1.82) is 0 Å². The SMILES string of the molecule is c1ccc([P+](Cc2ccc(-c3cccs3)nc2)(c2ccccc2)c2ccccc2)cc1. The van der Waals surface area contributed by atoms with Crippen LogP contribution >= 0.6 is 18.6 Å². The Kier molecular flexibility index (Phi) is 5.76. The minimum atomic E-state index is -1.89. The van der Waals surface area contributed by atoms with Gasteiger partial charge in [-0.1, -0.05) is 66.7 Å². The van der Waals surface area contributed by atoms with E-state index in [1.54, 1.807) is 11.3 Å². The largest absolute Gasteiger partial charge is 0.255 e. The Balaban J connectivity index is 1.67. The number of hydrogen-bond acceptors (Lipinski definition) is 2. The van der Waals surface area contributed by atoms with Gasteiger partial charge in [0.05, 0.1) is 16.7 Å². The van der Waals surface area contributed by atoms with Crippen LogP contribution in [0.15, 0.2) is 127 Å². The summed E-state index contributed by atoms with van der Waals surface area (Å²) in [5, 5.41) is 6.29. The van der Waals surface area contributed by atoms with Gasteiger partial charge in [-0.2, -0.15) is 0 Å². The molecule has 0 spiro atoms. The molecule has 0 aliphatic heterocycles. The Morgan fingerprint density at radius 2 is 1.13 bits per heavy atom. The molecule has 1 nitrogen and oxygen atoms in total. The lowest BCUT2D eigenvalue weighted by atomic mass is 10.2. The first kappa shape index (κ1) is 19.9. The third-order valence-corrected chi connectivity index (χ3v) is 10.9. The highest BCUT2D eigenvalue weighted by Crippen LogP contribution is 2.58. The third-order valence-electron chi connectivity index (χ3n) is 5.61. The Morgan fingerprint density at radius 3 is 1.55 bits per heavy atom. The number of pyridine rings is 1. The van der Waals surface area contributed by atoms with Gasteiger partial charge in [0.15, 0.2) is 0 Å². The maximum Gasteiger partial charge on any atom is 0.116 e. The smallest absolute Gasteiger partial charge is 0.116 e. The molecule has 0 saturated carbocycles. The van der Waals surface area contributed by atoms with Crippen molar-refractivity contribution in [3.05, 3.63) is 132 Å². The van der Waals surface area contributed by atoms with E-state index in [4.69, 9.17) is 4.98 Å². The van der Waals surface area contributed by atoms with Crippen molar-refractivity contribution in [3.63, 3.8) is 0 Å². The molecular formula is C28H23NPS+. The van der Waals surface area contributed by atoms with E-state index >= 15 is 0 Å². The second kappa shape index (κ2) is 8.98. The van der Waals surface area contributed by atoms with Crippen molar-refractivity contribution < 1.29 is 0 Å². The van der Waals surface area contributed by atoms with Crippen molar-refractivity contribution >= 4 is 34.5 Å². The van der Waals surface area contributed by atoms with Crippen LogP contribution < -0.4 is 15.9 Å². The number of aromatic nitrogens is 1. The molecule has 5 aromatic rings. The summed E-state index contributed by atoms with van der Waals surface area (Å²) < 4.78 is 0. The van der Waals surface area contributed by atoms with Crippen LogP contribution in [0.4, 0.5) is 0 Å². The monoisotopic (exact) mass is 436 g/mol. The minimum absolute atomic E-state index is 0.947. The highest BCUT2D eigenvalue weighted by atomic mass is 32.1. The fourth-order valence-corrected chi connectivity index (χ4v) is 9.05. The molecule has 0 saturated heterocycles. The highest BCUT2D eigenvalue weighted by molar-refractivity contribution is 7.95. The van der Waals surface area contributed by atoms with Crippen LogP contribution in [0.3, 0.4) is 0 Å². The van der Waals surface area contributed by atoms with E-state index in [1.165, 1.54) is 26.4 Å². The summed E-state index contributed by atoms with van der Waals surface area (Å²) in [5.74, 6) is 0. The second-order valence-corrected chi connectivity index (χ2v) is 11.9. The fourth-order valence-electron chi connectivity index (χ4n) is 4.13. The van der Waals surface area contributed by atoms with E-state index in [0.717, 1.165) is 11.9 Å². The number of rotatable bonds is 6. The van der Waals surface area contributed by atoms with Gasteiger partial charge in [-0.05, 0) is 53.9 Å². The molecule has 2 heterocycles. The van der Waals surface area contributed by atoms with E-state index in [1.807, 2.05) is 0 Å². The Bertz CT molecular complexity index is 1120. The normalized spacial score (nSPS) is 11.4. The van der Waals surface area contributed by atoms with Crippen molar-refractivity contribution in [2.75, 3.05) is 0 Å². The second-order valence-electron chi connectivity index (χ2n) is 7.50. The molecule has 5 rings (SSSR count). The van der Waals surface area contributed by atoms with Gasteiger partial charge in [0.2, 0.25) is 0 Å². The average Bonchev–Trinajstić information content (AvgIpc) is 3.40. The maximum atomic E-state index is 4.81. The first-order valence-corrected chi connectivity index (χ1v) is 13.3. The van der Waals surface area contributed by atoms with Crippen molar-refractivity contribution in [3.8, 4) is 10.6 Å². The highest BCUT2D eigenvalue weighted by Gasteiger charge is 2.45. The van der Waals surface area contributed by atoms with E-state index in [2.05, 4.69) is 127 Å². The van der Waals surface area contributed by atoms with E-state index < -0.39 is 7.26 Å². The van der Waals surface area contributed by atoms with Gasteiger partial charge in [-0.25, -0.2) is 0 Å². The molecule has 2 aromatic heterocycles. The van der Waals surface area contributed by atoms with E-state index in [0.29, 0.717) is 0 Å². The molecule has 0 radical (unpaired) electrons. The Hall–Kier alpha value is -3.06. The first-order valence-electron chi connectivity index (χ1n) is 10.4. The first-order chi connectivity index (χ1) is 15.4. The van der Waals surface area contributed by atoms with E-state index in [-0.39, 0.29) is 0 Å². The number of hydrogen-bond donors (Lipinski definition) is 0. The minimum Gasteiger partial charge on any atom is -0.255 e. The number of nitrogens with zero attached hydrogens (tertiary/aromatic N) is 1. The summed E-state index contributed by atoms with van der Waals surface area (Å²) in [6.07, 6.45) is 3.02. The summed E-state index contributed by atoms with van der Waals surface area (Å²) in [5.41, 5.74) is 2.31. The topological polar surface area (TPSA) is 12.9 Å². The Morgan fingerprint density at radius 1 is 0.581 bits per heavy atom. The van der Waals surface area contributed by atoms with Gasteiger partial charge in [0.1, 0.15) is 23.2 Å². The molecule has 3 heteroatoms. The molecule has 0 fully saturated rings. The van der Waals surface area contributed by atoms with Crippen LogP contribution in [-0.2, 0) is 6.16 Å². The number of benzene rings is 3. The van der Waals surface area contributed by atoms with Crippen LogP contribution in [-0.4, -0.2) is 4.98 Å². The summed E-state index contributed by atoms with van der Waals surface area (Å²) in [4.78, 5) is 6.02. The van der Waals surface area contributed by atoms with Gasteiger partial charge in [0.25, 0.3) is 0 Å². The van der Waals surface area contributed by atoms with Crippen LogP contribution in [0.5, 0.6) is 0 Å². The lowest BCUT2D eigenvalue weighted by Crippen LogP contribution is -2.32. The molecule has 0 aliphatic rings. The van der Waals surface area contributed by atoms with Crippen LogP contribution in [0, 0.1) is 0 Å². The molecule has 0 atom stereocenters. The molecule has 0 bridgehead atoms. The molecule has 150 valence electrons. The standard InChI is InChI=1S/C28H23NPS/c1-4-11-24(12-5-1)30(25-13-6-2-7-14-25,26-15-8-3-9-16-26)22-23-18-19-27(29-21-23)28-17-10-20-31-28/h1-21H,22H2/q+1. The predicted octanol–water partition coefficient (Wildman–Crippen LogP) is 6.30. The van der Waals surface area contributed by atoms with Crippen LogP contribution in [0.25, 0.3) is 10.6 Å². The quantitative estimate of drug-likeness (QED) is 0.285. The lowest BCUT2D eigenvalue weighted by Gasteiger charge is -2.27. The molecule has 0 unspecified atom stereocenters. The predicted molar refractivity (Wildman–Crippen MR) is 136 cm³/mol. The molecule has 31 heavy (non-hydrogen) atoms. The van der Waals surface area contributed by atoms with Crippen LogP contribution in [0.2, 0.25) is 0 Å². The van der Waals surface area contributed by atoms with Gasteiger partial charge < -0.3 is 0 Å². The van der Waals surface area contributed by atoms with E-state index in [9.17, 15) is 0 Å². The summed E-state index contributed by atoms with van der Waals surface area (Å²) in [6.45, 7) is 0. The Labute approximate surface area is 188 Å². The molecule has 3 aromatic carbocycles. The number of thiophene rings is 1. The average molecular weight is 437 g/mol. The zero-order chi connectivity index (χ0) is 20.9. The van der Waals surface area contributed by atoms with Gasteiger partial charge in [-0.15, -0.1) is 11.3 Å². The molecular weight excluding hydrogens is 413 g/mol. The van der Waals surface area contributed by atoms with Crippen molar-refractivity contribution in [2.45, 2.75) is 6.16 Å². The van der Waals surface area contributed by atoms with Crippen LogP contribution in [0.1, 0.15) is 5.56 Å². The fraction of sp³-hybridized carbons (Fsp3) is 0.0357. The molecule has 0 amide bonds. The van der Waals surface area contributed by atoms with Crippen molar-refractivity contribution in [2.24, 2.45) is 0 Å². The summed E-state index contributed by atoms with van der Waals surface area (Å²) >= 11 is 1.73. The lowest BCUT2D eigenvalue weighted by molar-refractivity contribution is 1.25.